The lowest BCUT2D eigenvalue weighted by Crippen LogP contribution is -2.13. The Balaban J connectivity index is 2.23. The molecule has 0 radical (unpaired) electrons. The first-order valence-corrected chi connectivity index (χ1v) is 7.96. The summed E-state index contributed by atoms with van der Waals surface area (Å²) in [5.41, 5.74) is 5.80. The predicted octanol–water partition coefficient (Wildman–Crippen LogP) is 1.58. The fourth-order valence-electron chi connectivity index (χ4n) is 1.34. The van der Waals surface area contributed by atoms with Crippen LogP contribution in [0.3, 0.4) is 0 Å². The van der Waals surface area contributed by atoms with Crippen LogP contribution < -0.4 is 10.5 Å². The summed E-state index contributed by atoms with van der Waals surface area (Å²) < 4.78 is 26.5. The molecule has 19 heavy (non-hydrogen) atoms. The molecule has 1 aromatic carbocycles. The first-order chi connectivity index (χ1) is 9.01. The van der Waals surface area contributed by atoms with E-state index in [0.29, 0.717) is 5.69 Å². The molecule has 0 aliphatic rings. The SMILES string of the molecule is CSc1ccc(NS(=O)(=O)c2cnc(N)nc2)cc1. The number of nitrogens with zero attached hydrogens (tertiary/aromatic N) is 2. The minimum Gasteiger partial charge on any atom is -0.368 e. The zero-order valence-corrected chi connectivity index (χ0v) is 11.7. The van der Waals surface area contributed by atoms with Gasteiger partial charge in [-0.15, -0.1) is 11.8 Å². The van der Waals surface area contributed by atoms with Crippen molar-refractivity contribution in [1.29, 1.82) is 0 Å². The third-order valence-corrected chi connectivity index (χ3v) is 4.38. The lowest BCUT2D eigenvalue weighted by atomic mass is 10.3. The average molecular weight is 296 g/mol. The first-order valence-electron chi connectivity index (χ1n) is 5.25. The number of thioether (sulfide) groups is 1. The maximum absolute atomic E-state index is 12.0. The van der Waals surface area contributed by atoms with E-state index in [2.05, 4.69) is 14.7 Å². The molecule has 3 N–H and O–H groups in total. The van der Waals surface area contributed by atoms with Gasteiger partial charge in [0.15, 0.2) is 0 Å². The van der Waals surface area contributed by atoms with Crippen LogP contribution in [0.15, 0.2) is 46.5 Å². The Morgan fingerprint density at radius 2 is 1.74 bits per heavy atom. The van der Waals surface area contributed by atoms with E-state index in [1.54, 1.807) is 23.9 Å². The average Bonchev–Trinajstić information content (AvgIpc) is 2.40. The molecule has 0 aliphatic carbocycles. The van der Waals surface area contributed by atoms with E-state index < -0.39 is 10.0 Å². The predicted molar refractivity (Wildman–Crippen MR) is 75.5 cm³/mol. The second-order valence-electron chi connectivity index (χ2n) is 3.61. The largest absolute Gasteiger partial charge is 0.368 e. The van der Waals surface area contributed by atoms with E-state index in [-0.39, 0.29) is 10.8 Å². The number of rotatable bonds is 4. The first kappa shape index (κ1) is 13.6. The molecule has 0 bridgehead atoms. The Labute approximate surface area is 115 Å². The Kier molecular flexibility index (Phi) is 3.91. The quantitative estimate of drug-likeness (QED) is 0.831. The number of benzene rings is 1. The van der Waals surface area contributed by atoms with Gasteiger partial charge in [-0.25, -0.2) is 18.4 Å². The Morgan fingerprint density at radius 1 is 1.16 bits per heavy atom. The van der Waals surface area contributed by atoms with Crippen LogP contribution in [0.25, 0.3) is 0 Å². The van der Waals surface area contributed by atoms with Gasteiger partial charge >= 0.3 is 0 Å². The molecule has 0 saturated heterocycles. The normalized spacial score (nSPS) is 11.2. The van der Waals surface area contributed by atoms with E-state index in [0.717, 1.165) is 4.90 Å². The molecule has 100 valence electrons. The van der Waals surface area contributed by atoms with Gasteiger partial charge in [0.1, 0.15) is 4.90 Å². The van der Waals surface area contributed by atoms with Crippen molar-refractivity contribution in [3.8, 4) is 0 Å². The Bertz CT molecular complexity index is 654. The molecule has 0 saturated carbocycles. The zero-order chi connectivity index (χ0) is 13.9. The molecule has 0 spiro atoms. The molecule has 2 aromatic rings. The Hall–Kier alpha value is -1.80. The monoisotopic (exact) mass is 296 g/mol. The highest BCUT2D eigenvalue weighted by Crippen LogP contribution is 2.19. The van der Waals surface area contributed by atoms with Crippen LogP contribution >= 0.6 is 11.8 Å². The summed E-state index contributed by atoms with van der Waals surface area (Å²) in [4.78, 5) is 8.34. The number of sulfonamides is 1. The number of hydrogen-bond donors (Lipinski definition) is 2. The number of nitrogens with two attached hydrogens (primary N) is 1. The van der Waals surface area contributed by atoms with Crippen molar-refractivity contribution in [2.24, 2.45) is 0 Å². The topological polar surface area (TPSA) is 98.0 Å². The molecule has 0 fully saturated rings. The van der Waals surface area contributed by atoms with E-state index in [9.17, 15) is 8.42 Å². The molecule has 0 aliphatic heterocycles. The van der Waals surface area contributed by atoms with E-state index in [1.165, 1.54) is 12.4 Å². The van der Waals surface area contributed by atoms with Crippen molar-refractivity contribution in [3.63, 3.8) is 0 Å². The van der Waals surface area contributed by atoms with E-state index in [4.69, 9.17) is 5.73 Å². The minimum absolute atomic E-state index is 0.0308. The van der Waals surface area contributed by atoms with Crippen molar-refractivity contribution in [3.05, 3.63) is 36.7 Å². The van der Waals surface area contributed by atoms with Crippen LogP contribution in [0.5, 0.6) is 0 Å². The molecule has 1 heterocycles. The van der Waals surface area contributed by atoms with Gasteiger partial charge in [-0.1, -0.05) is 0 Å². The summed E-state index contributed by atoms with van der Waals surface area (Å²) in [6.07, 6.45) is 4.28. The van der Waals surface area contributed by atoms with Gasteiger partial charge in [0.05, 0.1) is 12.4 Å². The lowest BCUT2D eigenvalue weighted by Gasteiger charge is -2.07. The molecule has 1 aromatic heterocycles. The summed E-state index contributed by atoms with van der Waals surface area (Å²) in [5.74, 6) is 0.0308. The van der Waals surface area contributed by atoms with Crippen LogP contribution in [-0.4, -0.2) is 24.6 Å². The maximum atomic E-state index is 12.0. The highest BCUT2D eigenvalue weighted by molar-refractivity contribution is 7.98. The Morgan fingerprint density at radius 3 is 2.26 bits per heavy atom. The number of aromatic nitrogens is 2. The molecular weight excluding hydrogens is 284 g/mol. The second kappa shape index (κ2) is 5.45. The molecule has 0 atom stereocenters. The number of nitrogen functional groups attached to an aromatic ring is 1. The third kappa shape index (κ3) is 3.36. The number of nitrogens with one attached hydrogen (secondary N) is 1. The van der Waals surface area contributed by atoms with Gasteiger partial charge in [-0.05, 0) is 30.5 Å². The van der Waals surface area contributed by atoms with Gasteiger partial charge in [0.25, 0.3) is 10.0 Å². The van der Waals surface area contributed by atoms with E-state index in [1.807, 2.05) is 18.4 Å². The van der Waals surface area contributed by atoms with E-state index >= 15 is 0 Å². The van der Waals surface area contributed by atoms with Crippen LogP contribution in [0, 0.1) is 0 Å². The fraction of sp³-hybridized carbons (Fsp3) is 0.0909. The van der Waals surface area contributed by atoms with Gasteiger partial charge < -0.3 is 5.73 Å². The highest BCUT2D eigenvalue weighted by atomic mass is 32.2. The molecule has 8 heteroatoms. The summed E-state index contributed by atoms with van der Waals surface area (Å²) in [6.45, 7) is 0. The van der Waals surface area contributed by atoms with Gasteiger partial charge in [0.2, 0.25) is 5.95 Å². The van der Waals surface area contributed by atoms with Crippen molar-refractivity contribution < 1.29 is 8.42 Å². The fourth-order valence-corrected chi connectivity index (χ4v) is 2.69. The molecule has 6 nitrogen and oxygen atoms in total. The van der Waals surface area contributed by atoms with Crippen molar-refractivity contribution >= 4 is 33.4 Å². The lowest BCUT2D eigenvalue weighted by molar-refractivity contribution is 0.600. The standard InChI is InChI=1S/C11H12N4O2S2/c1-18-9-4-2-8(3-5-9)15-19(16,17)10-6-13-11(12)14-7-10/h2-7,15H,1H3,(H2,12,13,14). The van der Waals surface area contributed by atoms with Crippen LogP contribution in [-0.2, 0) is 10.0 Å². The number of hydrogen-bond acceptors (Lipinski definition) is 6. The van der Waals surface area contributed by atoms with Crippen molar-refractivity contribution in [2.75, 3.05) is 16.7 Å². The highest BCUT2D eigenvalue weighted by Gasteiger charge is 2.15. The van der Waals surface area contributed by atoms with Gasteiger partial charge in [0, 0.05) is 10.6 Å². The second-order valence-corrected chi connectivity index (χ2v) is 6.17. The molecule has 2 rings (SSSR count). The van der Waals surface area contributed by atoms with Crippen LogP contribution in [0.2, 0.25) is 0 Å². The zero-order valence-electron chi connectivity index (χ0n) is 10.1. The van der Waals surface area contributed by atoms with Crippen LogP contribution in [0.1, 0.15) is 0 Å². The summed E-state index contributed by atoms with van der Waals surface area (Å²) in [7, 11) is -3.69. The summed E-state index contributed by atoms with van der Waals surface area (Å²) in [5, 5.41) is 0. The summed E-state index contributed by atoms with van der Waals surface area (Å²) >= 11 is 1.58. The molecule has 0 unspecified atom stereocenters. The third-order valence-electron chi connectivity index (χ3n) is 2.30. The molecular formula is C11H12N4O2S2. The summed E-state index contributed by atoms with van der Waals surface area (Å²) in [6, 6.07) is 7.06. The number of anilines is 2. The molecule has 0 amide bonds. The van der Waals surface area contributed by atoms with Gasteiger partial charge in [-0.3, -0.25) is 4.72 Å². The van der Waals surface area contributed by atoms with Crippen LogP contribution in [0.4, 0.5) is 11.6 Å². The maximum Gasteiger partial charge on any atom is 0.264 e. The smallest absolute Gasteiger partial charge is 0.264 e. The van der Waals surface area contributed by atoms with Crippen molar-refractivity contribution in [1.82, 2.24) is 9.97 Å². The van der Waals surface area contributed by atoms with Gasteiger partial charge in [-0.2, -0.15) is 0 Å². The van der Waals surface area contributed by atoms with Crippen molar-refractivity contribution in [2.45, 2.75) is 9.79 Å². The minimum atomic E-state index is -3.69.